The van der Waals surface area contributed by atoms with Gasteiger partial charge in [0, 0.05) is 11.6 Å². The number of carbonyl (C=O) groups excluding carboxylic acids is 1. The Morgan fingerprint density at radius 2 is 1.76 bits per heavy atom. The maximum atomic E-state index is 12.9. The average Bonchev–Trinajstić information content (AvgIpc) is 3.07. The fourth-order valence-electron chi connectivity index (χ4n) is 3.55. The van der Waals surface area contributed by atoms with Crippen LogP contribution in [0.2, 0.25) is 0 Å². The van der Waals surface area contributed by atoms with Gasteiger partial charge in [-0.05, 0) is 52.9 Å². The summed E-state index contributed by atoms with van der Waals surface area (Å²) >= 11 is 0. The molecule has 3 aromatic rings. The van der Waals surface area contributed by atoms with Crippen molar-refractivity contribution in [2.24, 2.45) is 0 Å². The molecular weight excluding hydrogens is 314 g/mol. The van der Waals surface area contributed by atoms with E-state index in [1.807, 2.05) is 18.2 Å². The number of rotatable bonds is 4. The van der Waals surface area contributed by atoms with E-state index in [9.17, 15) is 4.79 Å². The molecule has 0 saturated carbocycles. The number of amides is 1. The lowest BCUT2D eigenvalue weighted by atomic mass is 9.99. The monoisotopic (exact) mass is 333 g/mol. The van der Waals surface area contributed by atoms with Gasteiger partial charge in [0.15, 0.2) is 0 Å². The minimum Gasteiger partial charge on any atom is -0.497 e. The van der Waals surface area contributed by atoms with Crippen molar-refractivity contribution in [1.82, 2.24) is 0 Å². The molecule has 4 rings (SSSR count). The highest BCUT2D eigenvalue weighted by molar-refractivity contribution is 6.14. The number of anilines is 1. The van der Waals surface area contributed by atoms with Crippen molar-refractivity contribution in [2.75, 3.05) is 19.5 Å². The lowest BCUT2D eigenvalue weighted by Crippen LogP contribution is -2.13. The smallest absolute Gasteiger partial charge is 0.256 e. The van der Waals surface area contributed by atoms with Crippen molar-refractivity contribution < 1.29 is 14.3 Å². The lowest BCUT2D eigenvalue weighted by molar-refractivity contribution is 0.102. The molecule has 1 aliphatic carbocycles. The Labute approximate surface area is 146 Å². The van der Waals surface area contributed by atoms with Crippen LogP contribution in [0.3, 0.4) is 0 Å². The fourth-order valence-corrected chi connectivity index (χ4v) is 3.55. The van der Waals surface area contributed by atoms with Crippen LogP contribution in [0, 0.1) is 0 Å². The molecule has 126 valence electrons. The molecule has 0 atom stereocenters. The molecule has 0 aromatic heterocycles. The first-order valence-corrected chi connectivity index (χ1v) is 8.28. The standard InChI is InChI=1S/C21H19NO3/c1-24-15-9-11-19(25-2)18(12-15)22-21(23)17-10-8-14-7-6-13-4-3-5-16(17)20(13)14/h3-5,8-12H,6-7H2,1-2H3,(H,22,23). The van der Waals surface area contributed by atoms with E-state index in [-0.39, 0.29) is 5.91 Å². The topological polar surface area (TPSA) is 47.6 Å². The van der Waals surface area contributed by atoms with Crippen molar-refractivity contribution in [1.29, 1.82) is 0 Å². The summed E-state index contributed by atoms with van der Waals surface area (Å²) in [5.74, 6) is 1.11. The maximum absolute atomic E-state index is 12.9. The molecule has 3 aromatic carbocycles. The summed E-state index contributed by atoms with van der Waals surface area (Å²) in [6.07, 6.45) is 2.09. The van der Waals surface area contributed by atoms with Crippen molar-refractivity contribution in [3.8, 4) is 11.5 Å². The molecule has 1 amide bonds. The first kappa shape index (κ1) is 15.5. The van der Waals surface area contributed by atoms with E-state index >= 15 is 0 Å². The van der Waals surface area contributed by atoms with Gasteiger partial charge in [0.25, 0.3) is 5.91 Å². The van der Waals surface area contributed by atoms with Crippen LogP contribution in [0.5, 0.6) is 11.5 Å². The summed E-state index contributed by atoms with van der Waals surface area (Å²) in [7, 11) is 3.17. The molecule has 1 aliphatic rings. The molecule has 0 heterocycles. The molecule has 0 fully saturated rings. The van der Waals surface area contributed by atoms with E-state index in [1.54, 1.807) is 32.4 Å². The Morgan fingerprint density at radius 3 is 2.52 bits per heavy atom. The van der Waals surface area contributed by atoms with Crippen LogP contribution < -0.4 is 14.8 Å². The van der Waals surface area contributed by atoms with E-state index in [1.165, 1.54) is 16.5 Å². The second-order valence-electron chi connectivity index (χ2n) is 6.13. The number of methoxy groups -OCH3 is 2. The van der Waals surface area contributed by atoms with Gasteiger partial charge in [-0.25, -0.2) is 0 Å². The maximum Gasteiger partial charge on any atom is 0.256 e. The Kier molecular flexibility index (Phi) is 3.80. The number of carbonyl (C=O) groups is 1. The van der Waals surface area contributed by atoms with Gasteiger partial charge < -0.3 is 14.8 Å². The second kappa shape index (κ2) is 6.13. The summed E-state index contributed by atoms with van der Waals surface area (Å²) in [6, 6.07) is 15.5. The van der Waals surface area contributed by atoms with E-state index in [4.69, 9.17) is 9.47 Å². The number of aryl methyl sites for hydroxylation is 2. The number of nitrogens with one attached hydrogen (secondary N) is 1. The highest BCUT2D eigenvalue weighted by Gasteiger charge is 2.19. The first-order chi connectivity index (χ1) is 12.2. The molecule has 4 nitrogen and oxygen atoms in total. The number of benzene rings is 3. The van der Waals surface area contributed by atoms with Crippen molar-refractivity contribution in [3.05, 3.63) is 65.2 Å². The van der Waals surface area contributed by atoms with Gasteiger partial charge in [0.05, 0.1) is 19.9 Å². The van der Waals surface area contributed by atoms with Crippen LogP contribution in [0.25, 0.3) is 10.8 Å². The van der Waals surface area contributed by atoms with Crippen LogP contribution >= 0.6 is 0 Å². The predicted molar refractivity (Wildman–Crippen MR) is 98.9 cm³/mol. The summed E-state index contributed by atoms with van der Waals surface area (Å²) in [5, 5.41) is 5.20. The normalized spacial score (nSPS) is 12.2. The third-order valence-electron chi connectivity index (χ3n) is 4.78. The van der Waals surface area contributed by atoms with Crippen LogP contribution in [-0.4, -0.2) is 20.1 Å². The quantitative estimate of drug-likeness (QED) is 0.778. The van der Waals surface area contributed by atoms with E-state index in [0.29, 0.717) is 22.7 Å². The van der Waals surface area contributed by atoms with Crippen LogP contribution in [-0.2, 0) is 12.8 Å². The Hall–Kier alpha value is -3.01. The van der Waals surface area contributed by atoms with Gasteiger partial charge >= 0.3 is 0 Å². The number of hydrogen-bond donors (Lipinski definition) is 1. The third kappa shape index (κ3) is 2.60. The van der Waals surface area contributed by atoms with Gasteiger partial charge in [-0.2, -0.15) is 0 Å². The van der Waals surface area contributed by atoms with Crippen molar-refractivity contribution >= 4 is 22.4 Å². The summed E-state index contributed by atoms with van der Waals surface area (Å²) < 4.78 is 10.6. The minimum atomic E-state index is -0.151. The number of ether oxygens (including phenoxy) is 2. The Morgan fingerprint density at radius 1 is 0.960 bits per heavy atom. The van der Waals surface area contributed by atoms with Crippen LogP contribution in [0.4, 0.5) is 5.69 Å². The molecular formula is C21H19NO3. The zero-order valence-corrected chi connectivity index (χ0v) is 14.3. The van der Waals surface area contributed by atoms with Gasteiger partial charge in [-0.1, -0.05) is 24.3 Å². The molecule has 0 aliphatic heterocycles. The SMILES string of the molecule is COc1ccc(OC)c(NC(=O)c2ccc3c4c(cccc24)CC3)c1. The molecule has 0 spiro atoms. The fraction of sp³-hybridized carbons (Fsp3) is 0.190. The Balaban J connectivity index is 1.75. The second-order valence-corrected chi connectivity index (χ2v) is 6.13. The minimum absolute atomic E-state index is 0.151. The summed E-state index contributed by atoms with van der Waals surface area (Å²) in [5.41, 5.74) is 3.91. The van der Waals surface area contributed by atoms with Crippen molar-refractivity contribution in [2.45, 2.75) is 12.8 Å². The van der Waals surface area contributed by atoms with Crippen LogP contribution in [0.15, 0.2) is 48.5 Å². The zero-order valence-electron chi connectivity index (χ0n) is 14.3. The van der Waals surface area contributed by atoms with E-state index in [0.717, 1.165) is 18.2 Å². The highest BCUT2D eigenvalue weighted by Crippen LogP contribution is 2.34. The number of hydrogen-bond acceptors (Lipinski definition) is 3. The van der Waals surface area contributed by atoms with Gasteiger partial charge in [-0.3, -0.25) is 4.79 Å². The molecule has 0 unspecified atom stereocenters. The summed E-state index contributed by atoms with van der Waals surface area (Å²) in [4.78, 5) is 12.9. The van der Waals surface area contributed by atoms with Gasteiger partial charge in [-0.15, -0.1) is 0 Å². The molecule has 0 bridgehead atoms. The average molecular weight is 333 g/mol. The van der Waals surface area contributed by atoms with Crippen molar-refractivity contribution in [3.63, 3.8) is 0 Å². The molecule has 4 heteroatoms. The predicted octanol–water partition coefficient (Wildman–Crippen LogP) is 4.21. The third-order valence-corrected chi connectivity index (χ3v) is 4.78. The largest absolute Gasteiger partial charge is 0.497 e. The molecule has 25 heavy (non-hydrogen) atoms. The first-order valence-electron chi connectivity index (χ1n) is 8.28. The Bertz CT molecular complexity index is 968. The van der Waals surface area contributed by atoms with Crippen LogP contribution in [0.1, 0.15) is 21.5 Å². The molecule has 0 radical (unpaired) electrons. The van der Waals surface area contributed by atoms with E-state index in [2.05, 4.69) is 17.4 Å². The molecule has 0 saturated heterocycles. The van der Waals surface area contributed by atoms with Gasteiger partial charge in [0.1, 0.15) is 11.5 Å². The summed E-state index contributed by atoms with van der Waals surface area (Å²) in [6.45, 7) is 0. The van der Waals surface area contributed by atoms with Gasteiger partial charge in [0.2, 0.25) is 0 Å². The molecule has 1 N–H and O–H groups in total. The van der Waals surface area contributed by atoms with E-state index < -0.39 is 0 Å². The highest BCUT2D eigenvalue weighted by atomic mass is 16.5. The lowest BCUT2D eigenvalue weighted by Gasteiger charge is -2.13. The zero-order chi connectivity index (χ0) is 17.4.